The molecular formula is C12H16N2O3. The van der Waals surface area contributed by atoms with Gasteiger partial charge in [-0.05, 0) is 30.5 Å². The Balaban J connectivity index is 2.37. The van der Waals surface area contributed by atoms with Gasteiger partial charge >= 0.3 is 6.09 Å². The lowest BCUT2D eigenvalue weighted by Crippen LogP contribution is -2.37. The van der Waals surface area contributed by atoms with E-state index in [2.05, 4.69) is 0 Å². The van der Waals surface area contributed by atoms with Crippen LogP contribution in [0.25, 0.3) is 0 Å². The van der Waals surface area contributed by atoms with Crippen molar-refractivity contribution >= 4 is 6.09 Å². The average molecular weight is 236 g/mol. The smallest absolute Gasteiger partial charge is 0.405 e. The van der Waals surface area contributed by atoms with E-state index in [0.29, 0.717) is 0 Å². The predicted octanol–water partition coefficient (Wildman–Crippen LogP) is 1.11. The predicted molar refractivity (Wildman–Crippen MR) is 62.7 cm³/mol. The molecule has 0 bridgehead atoms. The van der Waals surface area contributed by atoms with Gasteiger partial charge in [0.15, 0.2) is 0 Å². The van der Waals surface area contributed by atoms with Crippen LogP contribution < -0.4 is 16.2 Å². The number of carbonyl (C=O) groups excluding carboxylic acids is 1. The Kier molecular flexibility index (Phi) is 3.19. The molecule has 1 aliphatic rings. The molecule has 1 aliphatic carbocycles. The minimum absolute atomic E-state index is 0.220. The van der Waals surface area contributed by atoms with Crippen molar-refractivity contribution in [3.05, 3.63) is 29.3 Å². The number of rotatable bonds is 2. The van der Waals surface area contributed by atoms with Crippen LogP contribution in [0.1, 0.15) is 23.7 Å². The van der Waals surface area contributed by atoms with Gasteiger partial charge in [-0.3, -0.25) is 0 Å². The summed E-state index contributed by atoms with van der Waals surface area (Å²) in [6, 6.07) is 5.48. The van der Waals surface area contributed by atoms with E-state index >= 15 is 0 Å². The van der Waals surface area contributed by atoms with Crippen LogP contribution in [-0.2, 0) is 11.2 Å². The monoisotopic (exact) mass is 236 g/mol. The van der Waals surface area contributed by atoms with Gasteiger partial charge in [0, 0.05) is 11.6 Å². The van der Waals surface area contributed by atoms with Gasteiger partial charge in [-0.2, -0.15) is 0 Å². The second kappa shape index (κ2) is 4.63. The first-order valence-electron chi connectivity index (χ1n) is 5.50. The molecule has 0 saturated heterocycles. The summed E-state index contributed by atoms with van der Waals surface area (Å²) >= 11 is 0. The minimum atomic E-state index is -0.805. The summed E-state index contributed by atoms with van der Waals surface area (Å²) in [6.45, 7) is 0. The molecule has 4 N–H and O–H groups in total. The Morgan fingerprint density at radius 2 is 2.24 bits per heavy atom. The Bertz CT molecular complexity index is 434. The molecule has 2 atom stereocenters. The van der Waals surface area contributed by atoms with Crippen LogP contribution in [0.2, 0.25) is 0 Å². The Morgan fingerprint density at radius 1 is 1.47 bits per heavy atom. The van der Waals surface area contributed by atoms with E-state index in [1.54, 1.807) is 7.11 Å². The SMILES string of the molecule is COc1ccc2c(c1)C(OC(N)=O)[C@@H](N)CC2. The zero-order chi connectivity index (χ0) is 12.4. The zero-order valence-corrected chi connectivity index (χ0v) is 9.68. The third kappa shape index (κ3) is 2.34. The van der Waals surface area contributed by atoms with Gasteiger partial charge in [-0.1, -0.05) is 6.07 Å². The highest BCUT2D eigenvalue weighted by Crippen LogP contribution is 2.34. The number of benzene rings is 1. The van der Waals surface area contributed by atoms with E-state index in [4.69, 9.17) is 20.9 Å². The maximum atomic E-state index is 10.9. The summed E-state index contributed by atoms with van der Waals surface area (Å²) < 4.78 is 10.2. The molecule has 1 aromatic rings. The summed E-state index contributed by atoms with van der Waals surface area (Å²) in [6.07, 6.45) is 0.364. The number of hydrogen-bond donors (Lipinski definition) is 2. The largest absolute Gasteiger partial charge is 0.497 e. The van der Waals surface area contributed by atoms with Gasteiger partial charge in [0.25, 0.3) is 0 Å². The van der Waals surface area contributed by atoms with Crippen LogP contribution in [0, 0.1) is 0 Å². The maximum Gasteiger partial charge on any atom is 0.405 e. The number of ether oxygens (including phenoxy) is 2. The van der Waals surface area contributed by atoms with Crippen LogP contribution in [0.15, 0.2) is 18.2 Å². The van der Waals surface area contributed by atoms with Crippen molar-refractivity contribution < 1.29 is 14.3 Å². The van der Waals surface area contributed by atoms with Gasteiger partial charge in [-0.15, -0.1) is 0 Å². The Hall–Kier alpha value is -1.75. The number of carbonyl (C=O) groups is 1. The number of aryl methyl sites for hydroxylation is 1. The van der Waals surface area contributed by atoms with Crippen LogP contribution in [0.4, 0.5) is 4.79 Å². The quantitative estimate of drug-likeness (QED) is 0.805. The highest BCUT2D eigenvalue weighted by molar-refractivity contribution is 5.65. The number of nitrogens with two attached hydrogens (primary N) is 2. The summed E-state index contributed by atoms with van der Waals surface area (Å²) in [4.78, 5) is 10.9. The normalized spacial score (nSPS) is 22.7. The lowest BCUT2D eigenvalue weighted by atomic mass is 9.86. The number of hydrogen-bond acceptors (Lipinski definition) is 4. The topological polar surface area (TPSA) is 87.6 Å². The van der Waals surface area contributed by atoms with Crippen molar-refractivity contribution in [2.75, 3.05) is 7.11 Å². The molecule has 0 aliphatic heterocycles. The molecule has 0 aromatic heterocycles. The molecule has 5 nitrogen and oxygen atoms in total. The van der Waals surface area contributed by atoms with Crippen molar-refractivity contribution in [3.8, 4) is 5.75 Å². The fraction of sp³-hybridized carbons (Fsp3) is 0.417. The second-order valence-electron chi connectivity index (χ2n) is 4.12. The standard InChI is InChI=1S/C12H16N2O3/c1-16-8-4-2-7-3-5-10(13)11(9(7)6-8)17-12(14)15/h2,4,6,10-11H,3,5,13H2,1H3,(H2,14,15)/t10-,11?/m0/s1. The Morgan fingerprint density at radius 3 is 2.88 bits per heavy atom. The molecular weight excluding hydrogens is 220 g/mol. The summed E-state index contributed by atoms with van der Waals surface area (Å²) in [5.41, 5.74) is 13.0. The molecule has 0 fully saturated rings. The molecule has 92 valence electrons. The molecule has 1 aromatic carbocycles. The number of primary amides is 1. The van der Waals surface area contributed by atoms with Gasteiger partial charge in [0.05, 0.1) is 7.11 Å². The number of fused-ring (bicyclic) bond motifs is 1. The van der Waals surface area contributed by atoms with Gasteiger partial charge in [0.2, 0.25) is 0 Å². The highest BCUT2D eigenvalue weighted by atomic mass is 16.6. The second-order valence-corrected chi connectivity index (χ2v) is 4.12. The molecule has 0 spiro atoms. The Labute approximate surface area is 99.7 Å². The average Bonchev–Trinajstić information content (AvgIpc) is 2.32. The zero-order valence-electron chi connectivity index (χ0n) is 9.68. The fourth-order valence-electron chi connectivity index (χ4n) is 2.17. The van der Waals surface area contributed by atoms with E-state index in [-0.39, 0.29) is 6.04 Å². The lowest BCUT2D eigenvalue weighted by Gasteiger charge is -2.30. The highest BCUT2D eigenvalue weighted by Gasteiger charge is 2.30. The minimum Gasteiger partial charge on any atom is -0.497 e. The van der Waals surface area contributed by atoms with E-state index in [1.807, 2.05) is 18.2 Å². The lowest BCUT2D eigenvalue weighted by molar-refractivity contribution is 0.0833. The fourth-order valence-corrected chi connectivity index (χ4v) is 2.17. The first-order chi connectivity index (χ1) is 8.11. The van der Waals surface area contributed by atoms with Crippen LogP contribution in [0.5, 0.6) is 5.75 Å². The number of amides is 1. The van der Waals surface area contributed by atoms with Crippen molar-refractivity contribution in [3.63, 3.8) is 0 Å². The van der Waals surface area contributed by atoms with E-state index in [1.165, 1.54) is 0 Å². The summed E-state index contributed by atoms with van der Waals surface area (Å²) in [5.74, 6) is 0.718. The van der Waals surface area contributed by atoms with Gasteiger partial charge < -0.3 is 20.9 Å². The van der Waals surface area contributed by atoms with E-state index in [9.17, 15) is 4.79 Å². The first-order valence-corrected chi connectivity index (χ1v) is 5.50. The van der Waals surface area contributed by atoms with Crippen molar-refractivity contribution in [1.82, 2.24) is 0 Å². The molecule has 1 unspecified atom stereocenters. The van der Waals surface area contributed by atoms with Crippen LogP contribution in [-0.4, -0.2) is 19.2 Å². The molecule has 17 heavy (non-hydrogen) atoms. The number of methoxy groups -OCH3 is 1. The van der Waals surface area contributed by atoms with Gasteiger partial charge in [-0.25, -0.2) is 4.79 Å². The van der Waals surface area contributed by atoms with Crippen LogP contribution in [0.3, 0.4) is 0 Å². The van der Waals surface area contributed by atoms with Crippen molar-refractivity contribution in [2.24, 2.45) is 11.5 Å². The summed E-state index contributed by atoms with van der Waals surface area (Å²) in [5, 5.41) is 0. The van der Waals surface area contributed by atoms with Crippen molar-refractivity contribution in [2.45, 2.75) is 25.0 Å². The molecule has 1 amide bonds. The third-order valence-corrected chi connectivity index (χ3v) is 3.04. The van der Waals surface area contributed by atoms with E-state index in [0.717, 1.165) is 29.7 Å². The molecule has 0 heterocycles. The molecule has 0 radical (unpaired) electrons. The molecule has 2 rings (SSSR count). The molecule has 5 heteroatoms. The van der Waals surface area contributed by atoms with Crippen molar-refractivity contribution in [1.29, 1.82) is 0 Å². The third-order valence-electron chi connectivity index (χ3n) is 3.04. The summed E-state index contributed by atoms with van der Waals surface area (Å²) in [7, 11) is 1.59. The molecule has 0 saturated carbocycles. The van der Waals surface area contributed by atoms with Crippen LogP contribution >= 0.6 is 0 Å². The maximum absolute atomic E-state index is 10.9. The van der Waals surface area contributed by atoms with Gasteiger partial charge in [0.1, 0.15) is 11.9 Å². The van der Waals surface area contributed by atoms with E-state index < -0.39 is 12.2 Å². The first kappa shape index (κ1) is 11.7.